The molecule has 3 atom stereocenters. The number of hydrogen-bond donors (Lipinski definition) is 1. The van der Waals surface area contributed by atoms with Crippen molar-refractivity contribution in [3.8, 4) is 5.75 Å². The molecule has 2 heterocycles. The van der Waals surface area contributed by atoms with Crippen LogP contribution in [0, 0.1) is 35.4 Å². The second kappa shape index (κ2) is 7.36. The third kappa shape index (κ3) is 3.83. The molecule has 10 heteroatoms. The normalized spacial score (nSPS) is 29.2. The number of halogens is 4. The predicted molar refractivity (Wildman–Crippen MR) is 110 cm³/mol. The largest absolute Gasteiger partial charge is 0.490 e. The minimum absolute atomic E-state index is 0.00141. The second-order valence-electron chi connectivity index (χ2n) is 9.56. The molecule has 33 heavy (non-hydrogen) atoms. The summed E-state index contributed by atoms with van der Waals surface area (Å²) >= 11 is 0. The molecule has 176 valence electrons. The average Bonchev–Trinajstić information content (AvgIpc) is 3.27. The van der Waals surface area contributed by atoms with Crippen molar-refractivity contribution in [1.82, 2.24) is 4.98 Å². The Morgan fingerprint density at radius 1 is 1.21 bits per heavy atom. The molecule has 4 saturated carbocycles. The van der Waals surface area contributed by atoms with Crippen molar-refractivity contribution in [3.63, 3.8) is 0 Å². The number of alkyl halides is 3. The summed E-state index contributed by atoms with van der Waals surface area (Å²) in [6.45, 7) is 1.68. The number of amides is 1. The number of benzene rings is 1. The monoisotopic (exact) mass is 465 g/mol. The standard InChI is InChI=1S/C23H23F4N3O3/c24-14-8-12(3-4-15(14)32-10-11-7-13-18-17(11)19(13)18)28-21(31)20-16(9-23(25,26)27)33-22(29-20)30-5-1-2-6-30/h3-4,8,11,13,17-19H,1-2,5-7,9-10H2,(H,28,31). The van der Waals surface area contributed by atoms with Gasteiger partial charge in [0.1, 0.15) is 12.2 Å². The van der Waals surface area contributed by atoms with Crippen molar-refractivity contribution in [2.24, 2.45) is 29.6 Å². The predicted octanol–water partition coefficient (Wildman–Crippen LogP) is 4.66. The van der Waals surface area contributed by atoms with Gasteiger partial charge in [0.2, 0.25) is 0 Å². The summed E-state index contributed by atoms with van der Waals surface area (Å²) in [6, 6.07) is 3.98. The molecule has 5 fully saturated rings. The summed E-state index contributed by atoms with van der Waals surface area (Å²) in [5.74, 6) is 1.93. The zero-order chi connectivity index (χ0) is 22.9. The van der Waals surface area contributed by atoms with Gasteiger partial charge in [0.15, 0.2) is 17.3 Å². The molecule has 0 spiro atoms. The SMILES string of the molecule is O=C(Nc1ccc(OCC2CC3C4C2C34)c(F)c1)c1nc(N2CCCC2)oc1CC(F)(F)F. The molecule has 1 aromatic carbocycles. The van der Waals surface area contributed by atoms with Crippen LogP contribution in [-0.2, 0) is 6.42 Å². The Hall–Kier alpha value is -2.78. The van der Waals surface area contributed by atoms with Gasteiger partial charge in [-0.2, -0.15) is 18.2 Å². The van der Waals surface area contributed by atoms with Crippen LogP contribution in [0.2, 0.25) is 0 Å². The zero-order valence-corrected chi connectivity index (χ0v) is 17.7. The molecule has 3 unspecified atom stereocenters. The highest BCUT2D eigenvalue weighted by Crippen LogP contribution is 2.83. The number of fused-ring (bicyclic) bond motifs is 1. The summed E-state index contributed by atoms with van der Waals surface area (Å²) in [7, 11) is 0. The lowest BCUT2D eigenvalue weighted by molar-refractivity contribution is -0.130. The van der Waals surface area contributed by atoms with Gasteiger partial charge in [0.25, 0.3) is 11.9 Å². The maximum Gasteiger partial charge on any atom is 0.396 e. The lowest BCUT2D eigenvalue weighted by atomic mass is 10.1. The maximum absolute atomic E-state index is 14.5. The number of carbonyl (C=O) groups is 1. The highest BCUT2D eigenvalue weighted by atomic mass is 19.4. The first kappa shape index (κ1) is 20.8. The van der Waals surface area contributed by atoms with Crippen molar-refractivity contribution in [3.05, 3.63) is 35.5 Å². The van der Waals surface area contributed by atoms with E-state index in [-0.39, 0.29) is 17.5 Å². The fourth-order valence-corrected chi connectivity index (χ4v) is 5.81. The summed E-state index contributed by atoms with van der Waals surface area (Å²) in [6.07, 6.45) is -3.08. The smallest absolute Gasteiger partial charge is 0.396 e. The van der Waals surface area contributed by atoms with E-state index in [9.17, 15) is 22.4 Å². The molecular weight excluding hydrogens is 442 g/mol. The molecule has 0 radical (unpaired) electrons. The Balaban J connectivity index is 1.14. The van der Waals surface area contributed by atoms with E-state index in [0.29, 0.717) is 25.6 Å². The summed E-state index contributed by atoms with van der Waals surface area (Å²) < 4.78 is 64.5. The number of oxazole rings is 1. The molecule has 5 aliphatic rings. The fourth-order valence-electron chi connectivity index (χ4n) is 5.81. The Kier molecular flexibility index (Phi) is 4.64. The molecule has 6 nitrogen and oxygen atoms in total. The van der Waals surface area contributed by atoms with Gasteiger partial charge in [-0.05, 0) is 61.0 Å². The van der Waals surface area contributed by atoms with E-state index in [1.165, 1.54) is 12.1 Å². The third-order valence-corrected chi connectivity index (χ3v) is 7.44. The van der Waals surface area contributed by atoms with Crippen LogP contribution in [-0.4, -0.2) is 36.8 Å². The van der Waals surface area contributed by atoms with Gasteiger partial charge in [-0.1, -0.05) is 0 Å². The third-order valence-electron chi connectivity index (χ3n) is 7.44. The lowest BCUT2D eigenvalue weighted by Crippen LogP contribution is -2.19. The molecule has 1 saturated heterocycles. The molecule has 1 N–H and O–H groups in total. The van der Waals surface area contributed by atoms with Crippen LogP contribution in [0.5, 0.6) is 5.75 Å². The van der Waals surface area contributed by atoms with Crippen molar-refractivity contribution < 1.29 is 31.5 Å². The van der Waals surface area contributed by atoms with Gasteiger partial charge < -0.3 is 19.4 Å². The van der Waals surface area contributed by atoms with Crippen molar-refractivity contribution in [2.45, 2.75) is 31.9 Å². The van der Waals surface area contributed by atoms with Gasteiger partial charge in [-0.25, -0.2) is 4.39 Å². The van der Waals surface area contributed by atoms with E-state index in [4.69, 9.17) is 9.15 Å². The van der Waals surface area contributed by atoms with Gasteiger partial charge in [0, 0.05) is 24.8 Å². The number of carbonyl (C=O) groups excluding carboxylic acids is 1. The number of nitrogens with one attached hydrogen (secondary N) is 1. The van der Waals surface area contributed by atoms with Gasteiger partial charge in [0.05, 0.1) is 6.61 Å². The Bertz CT molecular complexity index is 1080. The molecule has 1 amide bonds. The molecule has 2 bridgehead atoms. The molecule has 1 aliphatic heterocycles. The number of hydrogen-bond acceptors (Lipinski definition) is 5. The first-order chi connectivity index (χ1) is 15.8. The van der Waals surface area contributed by atoms with Crippen LogP contribution < -0.4 is 15.0 Å². The molecular formula is C23H23F4N3O3. The van der Waals surface area contributed by atoms with Crippen molar-refractivity contribution in [1.29, 1.82) is 0 Å². The first-order valence-corrected chi connectivity index (χ1v) is 11.3. The highest BCUT2D eigenvalue weighted by Gasteiger charge is 2.80. The van der Waals surface area contributed by atoms with E-state index in [2.05, 4.69) is 10.3 Å². The van der Waals surface area contributed by atoms with Crippen LogP contribution in [0.15, 0.2) is 22.6 Å². The topological polar surface area (TPSA) is 67.6 Å². The lowest BCUT2D eigenvalue weighted by Gasteiger charge is -2.13. The van der Waals surface area contributed by atoms with Crippen LogP contribution in [0.3, 0.4) is 0 Å². The molecule has 4 aliphatic carbocycles. The van der Waals surface area contributed by atoms with Crippen LogP contribution in [0.4, 0.5) is 29.3 Å². The number of rotatable bonds is 7. The quantitative estimate of drug-likeness (QED) is 0.603. The number of aromatic nitrogens is 1. The van der Waals surface area contributed by atoms with Crippen LogP contribution >= 0.6 is 0 Å². The van der Waals surface area contributed by atoms with E-state index in [1.807, 2.05) is 0 Å². The minimum atomic E-state index is -4.57. The van der Waals surface area contributed by atoms with Crippen molar-refractivity contribution in [2.75, 3.05) is 29.9 Å². The maximum atomic E-state index is 14.5. The molecule has 2 aromatic rings. The Morgan fingerprint density at radius 3 is 2.61 bits per heavy atom. The Labute approximate surface area is 187 Å². The number of ether oxygens (including phenoxy) is 1. The second-order valence-corrected chi connectivity index (χ2v) is 9.56. The van der Waals surface area contributed by atoms with Crippen LogP contribution in [0.1, 0.15) is 35.5 Å². The Morgan fingerprint density at radius 2 is 1.97 bits per heavy atom. The van der Waals surface area contributed by atoms with E-state index < -0.39 is 35.8 Å². The fraction of sp³-hybridized carbons (Fsp3) is 0.565. The van der Waals surface area contributed by atoms with Gasteiger partial charge in [-0.15, -0.1) is 0 Å². The van der Waals surface area contributed by atoms with Crippen molar-refractivity contribution >= 4 is 17.6 Å². The summed E-state index contributed by atoms with van der Waals surface area (Å²) in [4.78, 5) is 18.4. The van der Waals surface area contributed by atoms with Crippen LogP contribution in [0.25, 0.3) is 0 Å². The first-order valence-electron chi connectivity index (χ1n) is 11.3. The summed E-state index contributed by atoms with van der Waals surface area (Å²) in [5, 5.41) is 2.43. The van der Waals surface area contributed by atoms with E-state index >= 15 is 0 Å². The minimum Gasteiger partial charge on any atom is -0.490 e. The zero-order valence-electron chi connectivity index (χ0n) is 17.7. The average molecular weight is 465 g/mol. The van der Waals surface area contributed by atoms with E-state index in [0.717, 1.165) is 49.0 Å². The van der Waals surface area contributed by atoms with E-state index in [1.54, 1.807) is 4.90 Å². The highest BCUT2D eigenvalue weighted by molar-refractivity contribution is 6.03. The summed E-state index contributed by atoms with van der Waals surface area (Å²) in [5.41, 5.74) is -0.348. The molecule has 7 rings (SSSR count). The van der Waals surface area contributed by atoms with Gasteiger partial charge in [-0.3, -0.25) is 4.79 Å². The molecule has 1 aromatic heterocycles. The van der Waals surface area contributed by atoms with Gasteiger partial charge >= 0.3 is 6.18 Å². The number of anilines is 2. The number of nitrogens with zero attached hydrogens (tertiary/aromatic N) is 2.